The van der Waals surface area contributed by atoms with Crippen LogP contribution in [0.25, 0.3) is 0 Å². The average Bonchev–Trinajstić information content (AvgIpc) is 2.07. The van der Waals surface area contributed by atoms with Crippen LogP contribution in [0.3, 0.4) is 0 Å². The van der Waals surface area contributed by atoms with Crippen LogP contribution in [-0.4, -0.2) is 28.5 Å². The molecule has 1 unspecified atom stereocenters. The molecule has 0 radical (unpaired) electrons. The van der Waals surface area contributed by atoms with Gasteiger partial charge < -0.3 is 5.11 Å². The lowest BCUT2D eigenvalue weighted by Gasteiger charge is -2.15. The Morgan fingerprint density at radius 3 is 3.08 bits per heavy atom. The molecule has 1 rings (SSSR count). The lowest BCUT2D eigenvalue weighted by molar-refractivity contribution is -0.112. The third-order valence-corrected chi connectivity index (χ3v) is 1.83. The van der Waals surface area contributed by atoms with Gasteiger partial charge in [-0.3, -0.25) is 9.79 Å². The topological polar surface area (TPSA) is 49.7 Å². The lowest BCUT2D eigenvalue weighted by atomic mass is 10.0. The average molecular weight is 185 g/mol. The number of thiol groups is 1. The van der Waals surface area contributed by atoms with Crippen molar-refractivity contribution in [3.63, 3.8) is 0 Å². The molecule has 0 fully saturated rings. The fourth-order valence-corrected chi connectivity index (χ4v) is 1.39. The number of nitrogens with zero attached hydrogens (tertiary/aromatic N) is 1. The molecule has 0 saturated carbocycles. The van der Waals surface area contributed by atoms with Gasteiger partial charge in [-0.1, -0.05) is 0 Å². The van der Waals surface area contributed by atoms with Gasteiger partial charge in [0.05, 0.1) is 18.5 Å². The van der Waals surface area contributed by atoms with Crippen LogP contribution in [0, 0.1) is 0 Å². The largest absolute Gasteiger partial charge is 0.390 e. The summed E-state index contributed by atoms with van der Waals surface area (Å²) in [5, 5.41) is 8.81. The van der Waals surface area contributed by atoms with Gasteiger partial charge in [-0.05, 0) is 13.0 Å². The van der Waals surface area contributed by atoms with E-state index in [1.807, 2.05) is 6.92 Å². The Hall–Kier alpha value is -0.610. The first kappa shape index (κ1) is 9.48. The summed E-state index contributed by atoms with van der Waals surface area (Å²) in [4.78, 5) is 14.9. The molecule has 12 heavy (non-hydrogen) atoms. The van der Waals surface area contributed by atoms with Gasteiger partial charge in [-0.15, -0.1) is 0 Å². The van der Waals surface area contributed by atoms with E-state index < -0.39 is 4.75 Å². The van der Waals surface area contributed by atoms with Crippen molar-refractivity contribution in [3.05, 3.63) is 11.8 Å². The summed E-state index contributed by atoms with van der Waals surface area (Å²) in [6.45, 7) is 1.66. The molecule has 0 spiro atoms. The van der Waals surface area contributed by atoms with Crippen molar-refractivity contribution in [2.75, 3.05) is 6.61 Å². The number of aliphatic hydroxyl groups is 1. The number of Topliss-reactive ketones (excluding diaryl/α,β-unsaturated/α-hetero) is 1. The van der Waals surface area contributed by atoms with E-state index in [1.54, 1.807) is 6.08 Å². The molecule has 0 aliphatic carbocycles. The Morgan fingerprint density at radius 2 is 2.50 bits per heavy atom. The third-order valence-electron chi connectivity index (χ3n) is 1.55. The number of aliphatic hydroxyl groups excluding tert-OH is 1. The van der Waals surface area contributed by atoms with Crippen LogP contribution >= 0.6 is 12.6 Å². The Labute approximate surface area is 76.6 Å². The molecule has 1 aliphatic heterocycles. The molecule has 1 heterocycles. The third kappa shape index (κ3) is 2.46. The zero-order chi connectivity index (χ0) is 9.19. The Morgan fingerprint density at radius 1 is 1.83 bits per heavy atom. The van der Waals surface area contributed by atoms with Crippen molar-refractivity contribution in [2.45, 2.75) is 18.1 Å². The smallest absolute Gasteiger partial charge is 0.175 e. The summed E-state index contributed by atoms with van der Waals surface area (Å²) in [5.74, 6) is -0.0628. The quantitative estimate of drug-likeness (QED) is 0.587. The molecule has 0 bridgehead atoms. The highest BCUT2D eigenvalue weighted by atomic mass is 32.1. The number of hydrogen-bond acceptors (Lipinski definition) is 4. The van der Waals surface area contributed by atoms with Crippen LogP contribution in [0.1, 0.15) is 13.3 Å². The standard InChI is InChI=1S/C8H11NO2S/c1-8(12)2-6(5-10)9-4-7(11)3-8/h2,4,10,12H,3,5H2,1H3. The molecule has 1 atom stereocenters. The van der Waals surface area contributed by atoms with Crippen molar-refractivity contribution >= 4 is 24.6 Å². The van der Waals surface area contributed by atoms with Crippen LogP contribution in [0.2, 0.25) is 0 Å². The minimum absolute atomic E-state index is 0.0628. The fraction of sp³-hybridized carbons (Fsp3) is 0.500. The summed E-state index contributed by atoms with van der Waals surface area (Å²) in [7, 11) is 0. The molecular formula is C8H11NO2S. The molecule has 1 aliphatic rings. The second-order valence-electron chi connectivity index (χ2n) is 3.05. The molecule has 4 heteroatoms. The number of aliphatic imine (C=N–C) groups is 1. The fourth-order valence-electron chi connectivity index (χ4n) is 1.09. The van der Waals surface area contributed by atoms with E-state index in [0.717, 1.165) is 0 Å². The predicted octanol–water partition coefficient (Wildman–Crippen LogP) is 0.595. The lowest BCUT2D eigenvalue weighted by Crippen LogP contribution is -2.18. The van der Waals surface area contributed by atoms with Crippen molar-refractivity contribution < 1.29 is 9.90 Å². The second-order valence-corrected chi connectivity index (χ2v) is 4.07. The first-order chi connectivity index (χ1) is 5.53. The maximum atomic E-state index is 11.0. The van der Waals surface area contributed by atoms with Crippen LogP contribution in [0.15, 0.2) is 16.8 Å². The van der Waals surface area contributed by atoms with E-state index in [-0.39, 0.29) is 12.4 Å². The number of hydrogen-bond donors (Lipinski definition) is 2. The first-order valence-corrected chi connectivity index (χ1v) is 4.10. The number of carbonyl (C=O) groups is 1. The van der Waals surface area contributed by atoms with E-state index in [0.29, 0.717) is 12.1 Å². The molecule has 0 aromatic heterocycles. The van der Waals surface area contributed by atoms with Gasteiger partial charge in [0.2, 0.25) is 0 Å². The first-order valence-electron chi connectivity index (χ1n) is 3.65. The second kappa shape index (κ2) is 3.41. The van der Waals surface area contributed by atoms with Gasteiger partial charge >= 0.3 is 0 Å². The van der Waals surface area contributed by atoms with Crippen LogP contribution in [0.5, 0.6) is 0 Å². The molecule has 3 nitrogen and oxygen atoms in total. The summed E-state index contributed by atoms with van der Waals surface area (Å²) in [6, 6.07) is 0. The molecule has 0 amide bonds. The van der Waals surface area contributed by atoms with Crippen molar-refractivity contribution in [1.29, 1.82) is 0 Å². The summed E-state index contributed by atoms with van der Waals surface area (Å²) >= 11 is 4.27. The molecule has 0 saturated heterocycles. The van der Waals surface area contributed by atoms with Gasteiger partial charge in [0.15, 0.2) is 5.78 Å². The van der Waals surface area contributed by atoms with Gasteiger partial charge in [0.25, 0.3) is 0 Å². The highest BCUT2D eigenvalue weighted by Gasteiger charge is 2.22. The minimum Gasteiger partial charge on any atom is -0.390 e. The minimum atomic E-state index is -0.494. The maximum absolute atomic E-state index is 11.0. The molecular weight excluding hydrogens is 174 g/mol. The summed E-state index contributed by atoms with van der Waals surface area (Å²) in [5.41, 5.74) is 0.498. The summed E-state index contributed by atoms with van der Waals surface area (Å²) in [6.07, 6.45) is 3.27. The van der Waals surface area contributed by atoms with Crippen LogP contribution < -0.4 is 0 Å². The van der Waals surface area contributed by atoms with E-state index in [1.165, 1.54) is 6.21 Å². The van der Waals surface area contributed by atoms with E-state index >= 15 is 0 Å². The highest BCUT2D eigenvalue weighted by Crippen LogP contribution is 2.24. The van der Waals surface area contributed by atoms with Gasteiger partial charge in [0.1, 0.15) is 0 Å². The summed E-state index contributed by atoms with van der Waals surface area (Å²) < 4.78 is -0.494. The molecule has 1 N–H and O–H groups in total. The predicted molar refractivity (Wildman–Crippen MR) is 50.7 cm³/mol. The van der Waals surface area contributed by atoms with Crippen molar-refractivity contribution in [1.82, 2.24) is 0 Å². The van der Waals surface area contributed by atoms with Gasteiger partial charge in [-0.2, -0.15) is 12.6 Å². The zero-order valence-corrected chi connectivity index (χ0v) is 7.71. The SMILES string of the molecule is CC1(S)C=C(CO)N=CC(=O)C1. The molecule has 0 aromatic carbocycles. The van der Waals surface area contributed by atoms with Crippen molar-refractivity contribution in [2.24, 2.45) is 4.99 Å². The zero-order valence-electron chi connectivity index (χ0n) is 6.82. The maximum Gasteiger partial charge on any atom is 0.175 e. The number of rotatable bonds is 1. The van der Waals surface area contributed by atoms with Crippen molar-refractivity contribution in [3.8, 4) is 0 Å². The van der Waals surface area contributed by atoms with Gasteiger partial charge in [-0.25, -0.2) is 0 Å². The van der Waals surface area contributed by atoms with E-state index in [9.17, 15) is 4.79 Å². The Kier molecular flexibility index (Phi) is 2.69. The monoisotopic (exact) mass is 185 g/mol. The molecule has 66 valence electrons. The van der Waals surface area contributed by atoms with E-state index in [2.05, 4.69) is 17.6 Å². The highest BCUT2D eigenvalue weighted by molar-refractivity contribution is 7.82. The van der Waals surface area contributed by atoms with Crippen LogP contribution in [0.4, 0.5) is 0 Å². The number of carbonyl (C=O) groups excluding carboxylic acids is 1. The van der Waals surface area contributed by atoms with Gasteiger partial charge in [0, 0.05) is 11.2 Å². The Balaban J connectivity index is 2.93. The normalized spacial score (nSPS) is 29.9. The molecule has 0 aromatic rings. The number of ketones is 1. The van der Waals surface area contributed by atoms with E-state index in [4.69, 9.17) is 5.11 Å². The Bertz CT molecular complexity index is 256. The van der Waals surface area contributed by atoms with Crippen LogP contribution in [-0.2, 0) is 4.79 Å².